The Balaban J connectivity index is 1.80. The van der Waals surface area contributed by atoms with Crippen molar-refractivity contribution in [2.75, 3.05) is 5.32 Å². The summed E-state index contributed by atoms with van der Waals surface area (Å²) in [7, 11) is -3.71. The number of fused-ring (bicyclic) bond motifs is 2. The molecule has 4 rings (SSSR count). The highest BCUT2D eigenvalue weighted by Crippen LogP contribution is 2.33. The third-order valence-electron chi connectivity index (χ3n) is 4.46. The van der Waals surface area contributed by atoms with Crippen LogP contribution in [0.3, 0.4) is 0 Å². The Kier molecular flexibility index (Phi) is 5.26. The molecule has 11 heteroatoms. The maximum atomic E-state index is 13.0. The summed E-state index contributed by atoms with van der Waals surface area (Å²) in [5, 5.41) is 3.46. The Morgan fingerprint density at radius 3 is 2.45 bits per heavy atom. The van der Waals surface area contributed by atoms with Gasteiger partial charge < -0.3 is 4.74 Å². The first kappa shape index (κ1) is 21.3. The monoisotopic (exact) mass is 464 g/mol. The number of benzene rings is 2. The van der Waals surface area contributed by atoms with Crippen LogP contribution in [0.2, 0.25) is 0 Å². The zero-order valence-electron chi connectivity index (χ0n) is 16.8. The molecular formula is C20H18F2N4O3S2. The predicted octanol–water partition coefficient (Wildman–Crippen LogP) is 5.16. The molecule has 0 atom stereocenters. The normalized spacial score (nSPS) is 12.6. The molecule has 0 aliphatic carbocycles. The highest BCUT2D eigenvalue weighted by Gasteiger charge is 2.31. The number of aromatic nitrogens is 3. The van der Waals surface area contributed by atoms with Gasteiger partial charge in [0.05, 0.1) is 30.8 Å². The van der Waals surface area contributed by atoms with Gasteiger partial charge in [-0.1, -0.05) is 23.5 Å². The van der Waals surface area contributed by atoms with E-state index in [1.165, 1.54) is 29.5 Å². The molecule has 2 aromatic carbocycles. The van der Waals surface area contributed by atoms with Crippen molar-refractivity contribution in [1.29, 1.82) is 0 Å². The van der Waals surface area contributed by atoms with Crippen LogP contribution in [-0.2, 0) is 9.84 Å². The first-order valence-corrected chi connectivity index (χ1v) is 11.5. The van der Waals surface area contributed by atoms with Crippen molar-refractivity contribution in [2.45, 2.75) is 37.0 Å². The topological polar surface area (TPSA) is 94.1 Å². The fourth-order valence-corrected chi connectivity index (χ4v) is 4.94. The van der Waals surface area contributed by atoms with Gasteiger partial charge in [-0.2, -0.15) is 13.8 Å². The average molecular weight is 465 g/mol. The van der Waals surface area contributed by atoms with Gasteiger partial charge in [0.25, 0.3) is 0 Å². The largest absolute Gasteiger partial charge is 0.416 e. The van der Waals surface area contributed by atoms with Crippen molar-refractivity contribution in [3.63, 3.8) is 0 Å². The number of alkyl halides is 2. The summed E-state index contributed by atoms with van der Waals surface area (Å²) in [6, 6.07) is 11.6. The molecule has 2 heterocycles. The van der Waals surface area contributed by atoms with Crippen LogP contribution in [0.25, 0.3) is 21.1 Å². The van der Waals surface area contributed by atoms with Gasteiger partial charge in [0.1, 0.15) is 0 Å². The zero-order chi connectivity index (χ0) is 22.4. The van der Waals surface area contributed by atoms with Crippen LogP contribution >= 0.6 is 11.3 Å². The standard InChI is InChI=1S/C20H18F2N4O3S2/c1-20(2,3)31(27,28)11-8-9-13-12(10-11)16(29-17(21)22)25-18(23-13)26-19-24-14-6-4-5-7-15(14)30-19/h4-10,17H,1-3H3,(H,23,24,25,26). The molecule has 31 heavy (non-hydrogen) atoms. The van der Waals surface area contributed by atoms with Crippen molar-refractivity contribution in [3.8, 4) is 5.88 Å². The van der Waals surface area contributed by atoms with E-state index in [9.17, 15) is 17.2 Å². The summed E-state index contributed by atoms with van der Waals surface area (Å²) in [4.78, 5) is 12.7. The Hall–Kier alpha value is -2.92. The van der Waals surface area contributed by atoms with Crippen LogP contribution < -0.4 is 10.1 Å². The number of nitrogens with zero attached hydrogens (tertiary/aromatic N) is 3. The van der Waals surface area contributed by atoms with Crippen molar-refractivity contribution < 1.29 is 21.9 Å². The molecule has 0 aliphatic heterocycles. The number of halogens is 2. The lowest BCUT2D eigenvalue weighted by atomic mass is 10.2. The maximum Gasteiger partial charge on any atom is 0.388 e. The van der Waals surface area contributed by atoms with E-state index in [4.69, 9.17) is 0 Å². The highest BCUT2D eigenvalue weighted by molar-refractivity contribution is 7.92. The lowest BCUT2D eigenvalue weighted by molar-refractivity contribution is -0.0516. The number of hydrogen-bond acceptors (Lipinski definition) is 8. The quantitative estimate of drug-likeness (QED) is 0.436. The summed E-state index contributed by atoms with van der Waals surface area (Å²) < 4.78 is 56.1. The Labute approximate surface area is 181 Å². The molecule has 0 aliphatic rings. The molecule has 0 unspecified atom stereocenters. The molecule has 4 aromatic rings. The molecule has 162 valence electrons. The number of rotatable bonds is 5. The van der Waals surface area contributed by atoms with Gasteiger partial charge in [-0.05, 0) is 51.1 Å². The third kappa shape index (κ3) is 4.15. The summed E-state index contributed by atoms with van der Waals surface area (Å²) in [5.74, 6) is -0.414. The van der Waals surface area contributed by atoms with Gasteiger partial charge >= 0.3 is 6.61 Å². The van der Waals surface area contributed by atoms with Crippen molar-refractivity contribution in [3.05, 3.63) is 42.5 Å². The maximum absolute atomic E-state index is 13.0. The van der Waals surface area contributed by atoms with Crippen LogP contribution in [0.1, 0.15) is 20.8 Å². The van der Waals surface area contributed by atoms with E-state index in [0.29, 0.717) is 5.13 Å². The number of anilines is 2. The third-order valence-corrected chi connectivity index (χ3v) is 7.90. The lowest BCUT2D eigenvalue weighted by Crippen LogP contribution is -2.27. The molecule has 1 N–H and O–H groups in total. The van der Waals surface area contributed by atoms with Gasteiger partial charge in [-0.25, -0.2) is 18.4 Å². The Morgan fingerprint density at radius 1 is 1.03 bits per heavy atom. The number of thiazole rings is 1. The van der Waals surface area contributed by atoms with Gasteiger partial charge in [-0.3, -0.25) is 5.32 Å². The van der Waals surface area contributed by atoms with Gasteiger partial charge in [0.15, 0.2) is 15.0 Å². The lowest BCUT2D eigenvalue weighted by Gasteiger charge is -2.19. The second-order valence-corrected chi connectivity index (χ2v) is 11.4. The van der Waals surface area contributed by atoms with Gasteiger partial charge in [-0.15, -0.1) is 0 Å². The van der Waals surface area contributed by atoms with Gasteiger partial charge in [0, 0.05) is 0 Å². The SMILES string of the molecule is CC(C)(C)S(=O)(=O)c1ccc2nc(Nc3nc4ccccc4s3)nc(OC(F)F)c2c1. The minimum absolute atomic E-state index is 0.00800. The average Bonchev–Trinajstić information content (AvgIpc) is 3.08. The smallest absolute Gasteiger partial charge is 0.388 e. The molecule has 0 bridgehead atoms. The van der Waals surface area contributed by atoms with Crippen molar-refractivity contribution in [2.24, 2.45) is 0 Å². The molecule has 0 saturated carbocycles. The van der Waals surface area contributed by atoms with E-state index in [1.807, 2.05) is 24.3 Å². The number of sulfone groups is 1. The van der Waals surface area contributed by atoms with E-state index in [-0.39, 0.29) is 21.7 Å². The Morgan fingerprint density at radius 2 is 1.77 bits per heavy atom. The predicted molar refractivity (Wildman–Crippen MR) is 116 cm³/mol. The molecule has 2 aromatic heterocycles. The molecule has 0 amide bonds. The molecule has 7 nitrogen and oxygen atoms in total. The van der Waals surface area contributed by atoms with Crippen LogP contribution in [-0.4, -0.2) is 34.7 Å². The molecule has 0 saturated heterocycles. The van der Waals surface area contributed by atoms with E-state index < -0.39 is 27.1 Å². The highest BCUT2D eigenvalue weighted by atomic mass is 32.2. The van der Waals surface area contributed by atoms with E-state index in [1.54, 1.807) is 20.8 Å². The Bertz CT molecular complexity index is 1350. The molecular weight excluding hydrogens is 446 g/mol. The first-order valence-electron chi connectivity index (χ1n) is 9.18. The summed E-state index contributed by atoms with van der Waals surface area (Å²) >= 11 is 1.36. The summed E-state index contributed by atoms with van der Waals surface area (Å²) in [5.41, 5.74) is 1.03. The fourth-order valence-electron chi connectivity index (χ4n) is 2.85. The zero-order valence-corrected chi connectivity index (χ0v) is 18.4. The molecule has 0 radical (unpaired) electrons. The number of para-hydroxylation sites is 1. The minimum Gasteiger partial charge on any atom is -0.416 e. The van der Waals surface area contributed by atoms with E-state index in [2.05, 4.69) is 25.0 Å². The number of nitrogens with one attached hydrogen (secondary N) is 1. The van der Waals surface area contributed by atoms with Crippen LogP contribution in [0, 0.1) is 0 Å². The number of hydrogen-bond donors (Lipinski definition) is 1. The molecule has 0 spiro atoms. The van der Waals surface area contributed by atoms with E-state index >= 15 is 0 Å². The second-order valence-electron chi connectivity index (χ2n) is 7.64. The fraction of sp³-hybridized carbons (Fsp3) is 0.250. The summed E-state index contributed by atoms with van der Waals surface area (Å²) in [6.45, 7) is 1.54. The molecule has 0 fully saturated rings. The van der Waals surface area contributed by atoms with Crippen LogP contribution in [0.4, 0.5) is 19.9 Å². The minimum atomic E-state index is -3.71. The van der Waals surface area contributed by atoms with Gasteiger partial charge in [0.2, 0.25) is 11.8 Å². The van der Waals surface area contributed by atoms with Crippen molar-refractivity contribution in [1.82, 2.24) is 15.0 Å². The van der Waals surface area contributed by atoms with Crippen molar-refractivity contribution >= 4 is 53.4 Å². The second kappa shape index (κ2) is 7.65. The number of ether oxygens (including phenoxy) is 1. The summed E-state index contributed by atoms with van der Waals surface area (Å²) in [6.07, 6.45) is 0. The first-order chi connectivity index (χ1) is 14.5. The van der Waals surface area contributed by atoms with Crippen LogP contribution in [0.5, 0.6) is 5.88 Å². The van der Waals surface area contributed by atoms with E-state index in [0.717, 1.165) is 10.2 Å². The van der Waals surface area contributed by atoms with Crippen LogP contribution in [0.15, 0.2) is 47.4 Å².